The van der Waals surface area contributed by atoms with Gasteiger partial charge in [0.05, 0.1) is 18.4 Å². The summed E-state index contributed by atoms with van der Waals surface area (Å²) in [6, 6.07) is 8.42. The van der Waals surface area contributed by atoms with Gasteiger partial charge in [0.15, 0.2) is 0 Å². The molecule has 1 N–H and O–H groups in total. The minimum absolute atomic E-state index is 0.657. The summed E-state index contributed by atoms with van der Waals surface area (Å²) in [6.45, 7) is 1.83. The van der Waals surface area contributed by atoms with Gasteiger partial charge in [-0.3, -0.25) is 0 Å². The monoisotopic (exact) mass is 245 g/mol. The van der Waals surface area contributed by atoms with Crippen molar-refractivity contribution in [2.45, 2.75) is 18.9 Å². The lowest BCUT2D eigenvalue weighted by Crippen LogP contribution is -2.27. The summed E-state index contributed by atoms with van der Waals surface area (Å²) in [6.07, 6.45) is 2.64. The lowest BCUT2D eigenvalue weighted by atomic mass is 10.2. The molecule has 18 heavy (non-hydrogen) atoms. The van der Waals surface area contributed by atoms with E-state index in [4.69, 9.17) is 10.00 Å². The van der Waals surface area contributed by atoms with Crippen LogP contribution < -0.4 is 10.1 Å². The van der Waals surface area contributed by atoms with Crippen LogP contribution in [0.3, 0.4) is 0 Å². The first-order valence-electron chi connectivity index (χ1n) is 6.27. The van der Waals surface area contributed by atoms with Crippen LogP contribution in [-0.2, 0) is 0 Å². The zero-order valence-electron chi connectivity index (χ0n) is 10.9. The number of nitrogens with one attached hydrogen (secondary N) is 1. The molecule has 0 radical (unpaired) electrons. The molecule has 0 spiro atoms. The third-order valence-electron chi connectivity index (χ3n) is 3.30. The summed E-state index contributed by atoms with van der Waals surface area (Å²) in [7, 11) is 3.78. The van der Waals surface area contributed by atoms with Crippen LogP contribution >= 0.6 is 0 Å². The van der Waals surface area contributed by atoms with E-state index < -0.39 is 0 Å². The normalized spacial score (nSPS) is 14.3. The molecule has 1 saturated carbocycles. The number of nitrogens with zero attached hydrogens (tertiary/aromatic N) is 2. The third-order valence-corrected chi connectivity index (χ3v) is 3.30. The van der Waals surface area contributed by atoms with Crippen molar-refractivity contribution in [1.29, 1.82) is 5.26 Å². The highest BCUT2D eigenvalue weighted by Crippen LogP contribution is 2.25. The average Bonchev–Trinajstić information content (AvgIpc) is 3.22. The van der Waals surface area contributed by atoms with Crippen LogP contribution in [0.4, 0.5) is 5.69 Å². The number of benzene rings is 1. The van der Waals surface area contributed by atoms with E-state index in [1.54, 1.807) is 19.2 Å². The molecule has 96 valence electrons. The van der Waals surface area contributed by atoms with E-state index in [9.17, 15) is 0 Å². The smallest absolute Gasteiger partial charge is 0.121 e. The van der Waals surface area contributed by atoms with Crippen LogP contribution in [0.1, 0.15) is 18.4 Å². The number of methoxy groups -OCH3 is 1. The average molecular weight is 245 g/mol. The minimum atomic E-state index is 0.657. The van der Waals surface area contributed by atoms with Gasteiger partial charge < -0.3 is 15.0 Å². The summed E-state index contributed by atoms with van der Waals surface area (Å²) in [4.78, 5) is 2.36. The maximum absolute atomic E-state index is 9.05. The molecular formula is C14H19N3O. The largest absolute Gasteiger partial charge is 0.497 e. The van der Waals surface area contributed by atoms with Crippen molar-refractivity contribution < 1.29 is 4.74 Å². The molecule has 2 rings (SSSR count). The van der Waals surface area contributed by atoms with Gasteiger partial charge in [-0.1, -0.05) is 0 Å². The van der Waals surface area contributed by atoms with Gasteiger partial charge in [-0.25, -0.2) is 0 Å². The Morgan fingerprint density at radius 1 is 1.50 bits per heavy atom. The highest BCUT2D eigenvalue weighted by Gasteiger charge is 2.25. The van der Waals surface area contributed by atoms with Gasteiger partial charge in [-0.15, -0.1) is 0 Å². The van der Waals surface area contributed by atoms with Gasteiger partial charge in [0.25, 0.3) is 0 Å². The first-order chi connectivity index (χ1) is 8.74. The van der Waals surface area contributed by atoms with E-state index in [2.05, 4.69) is 23.3 Å². The van der Waals surface area contributed by atoms with E-state index in [0.717, 1.165) is 30.6 Å². The summed E-state index contributed by atoms with van der Waals surface area (Å²) < 4.78 is 5.17. The molecule has 0 heterocycles. The first-order valence-corrected chi connectivity index (χ1v) is 6.27. The fourth-order valence-electron chi connectivity index (χ4n) is 1.96. The molecule has 1 aromatic rings. The number of nitriles is 1. The van der Waals surface area contributed by atoms with Crippen LogP contribution in [0.5, 0.6) is 5.75 Å². The molecule has 4 heteroatoms. The van der Waals surface area contributed by atoms with Gasteiger partial charge in [-0.2, -0.15) is 5.26 Å². The van der Waals surface area contributed by atoms with Crippen molar-refractivity contribution >= 4 is 5.69 Å². The quantitative estimate of drug-likeness (QED) is 0.833. The van der Waals surface area contributed by atoms with Gasteiger partial charge in [-0.05, 0) is 32.0 Å². The lowest BCUT2D eigenvalue weighted by Gasteiger charge is -2.17. The van der Waals surface area contributed by atoms with Crippen molar-refractivity contribution in [2.24, 2.45) is 0 Å². The summed E-state index contributed by atoms with van der Waals surface area (Å²) in [5.41, 5.74) is 1.51. The van der Waals surface area contributed by atoms with Crippen molar-refractivity contribution in [3.05, 3.63) is 23.8 Å². The number of hydrogen-bond acceptors (Lipinski definition) is 4. The van der Waals surface area contributed by atoms with Crippen molar-refractivity contribution in [3.8, 4) is 11.8 Å². The predicted molar refractivity (Wildman–Crippen MR) is 71.9 cm³/mol. The maximum atomic E-state index is 9.05. The molecular weight excluding hydrogens is 226 g/mol. The van der Waals surface area contributed by atoms with Crippen LogP contribution in [0.25, 0.3) is 0 Å². The fraction of sp³-hybridized carbons (Fsp3) is 0.500. The van der Waals surface area contributed by atoms with Gasteiger partial charge >= 0.3 is 0 Å². The van der Waals surface area contributed by atoms with E-state index in [0.29, 0.717) is 5.56 Å². The van der Waals surface area contributed by atoms with Gasteiger partial charge in [0.2, 0.25) is 0 Å². The molecule has 0 aromatic heterocycles. The molecule has 4 nitrogen and oxygen atoms in total. The molecule has 0 atom stereocenters. The SMILES string of the molecule is COc1ccc(C#N)c(NCCN(C)C2CC2)c1. The van der Waals surface area contributed by atoms with E-state index in [1.807, 2.05) is 6.07 Å². The van der Waals surface area contributed by atoms with Crippen LogP contribution in [-0.4, -0.2) is 38.2 Å². The topological polar surface area (TPSA) is 48.3 Å². The van der Waals surface area contributed by atoms with E-state index >= 15 is 0 Å². The second-order valence-corrected chi connectivity index (χ2v) is 4.66. The molecule has 1 fully saturated rings. The van der Waals surface area contributed by atoms with E-state index in [1.165, 1.54) is 12.8 Å². The molecule has 1 aliphatic rings. The Morgan fingerprint density at radius 2 is 2.28 bits per heavy atom. The second-order valence-electron chi connectivity index (χ2n) is 4.66. The Labute approximate surface area is 108 Å². The number of likely N-dealkylation sites (N-methyl/N-ethyl adjacent to an activating group) is 1. The molecule has 1 aliphatic carbocycles. The Bertz CT molecular complexity index is 449. The standard InChI is InChI=1S/C14H19N3O/c1-17(12-4-5-12)8-7-16-14-9-13(18-2)6-3-11(14)10-15/h3,6,9,12,16H,4-5,7-8H2,1-2H3. The Morgan fingerprint density at radius 3 is 2.89 bits per heavy atom. The Hall–Kier alpha value is -1.73. The summed E-state index contributed by atoms with van der Waals surface area (Å²) in [5.74, 6) is 0.770. The zero-order chi connectivity index (χ0) is 13.0. The number of ether oxygens (including phenoxy) is 1. The highest BCUT2D eigenvalue weighted by molar-refractivity contribution is 5.60. The van der Waals surface area contributed by atoms with Crippen molar-refractivity contribution in [3.63, 3.8) is 0 Å². The number of hydrogen-bond donors (Lipinski definition) is 1. The highest BCUT2D eigenvalue weighted by atomic mass is 16.5. The lowest BCUT2D eigenvalue weighted by molar-refractivity contribution is 0.337. The predicted octanol–water partition coefficient (Wildman–Crippen LogP) is 2.07. The van der Waals surface area contributed by atoms with Gasteiger partial charge in [0, 0.05) is 25.2 Å². The zero-order valence-corrected chi connectivity index (χ0v) is 10.9. The molecule has 0 amide bonds. The van der Waals surface area contributed by atoms with Crippen LogP contribution in [0, 0.1) is 11.3 Å². The maximum Gasteiger partial charge on any atom is 0.121 e. The fourth-order valence-corrected chi connectivity index (χ4v) is 1.96. The third kappa shape index (κ3) is 3.14. The molecule has 0 bridgehead atoms. The van der Waals surface area contributed by atoms with Crippen LogP contribution in [0.15, 0.2) is 18.2 Å². The minimum Gasteiger partial charge on any atom is -0.497 e. The van der Waals surface area contributed by atoms with E-state index in [-0.39, 0.29) is 0 Å². The summed E-state index contributed by atoms with van der Waals surface area (Å²) in [5, 5.41) is 12.4. The van der Waals surface area contributed by atoms with Crippen molar-refractivity contribution in [2.75, 3.05) is 32.6 Å². The number of rotatable bonds is 6. The number of anilines is 1. The second kappa shape index (κ2) is 5.74. The van der Waals surface area contributed by atoms with Crippen LogP contribution in [0.2, 0.25) is 0 Å². The van der Waals surface area contributed by atoms with Crippen molar-refractivity contribution in [1.82, 2.24) is 4.90 Å². The van der Waals surface area contributed by atoms with Gasteiger partial charge in [0.1, 0.15) is 11.8 Å². The Kier molecular flexibility index (Phi) is 4.06. The molecule has 0 aliphatic heterocycles. The summed E-state index contributed by atoms with van der Waals surface area (Å²) >= 11 is 0. The Balaban J connectivity index is 1.92. The first kappa shape index (κ1) is 12.7. The molecule has 1 aromatic carbocycles. The molecule has 0 saturated heterocycles. The molecule has 0 unspecified atom stereocenters.